The Labute approximate surface area is 506 Å². The first kappa shape index (κ1) is 78.8. The van der Waals surface area contributed by atoms with E-state index in [2.05, 4.69) is 55.6 Å². The first-order valence-corrected chi connectivity index (χ1v) is 36.4. The monoisotopic (exact) mass is 1140 g/mol. The highest BCUT2D eigenvalue weighted by atomic mass is 16.5. The van der Waals surface area contributed by atoms with Crippen molar-refractivity contribution in [3.8, 4) is 0 Å². The van der Waals surface area contributed by atoms with Gasteiger partial charge in [0.15, 0.2) is 0 Å². The maximum Gasteiger partial charge on any atom is 0.305 e. The SMILES string of the molecule is CCCCC/C=C\C/C=C\CCCCCCCCCC(=O)OCCCCCCCCCCCCCC/C=C\CCCCCCCCCCCCCCCC(=O)NC(CO)C(O)/C=C/CCCCCCCCCCCCCCCCCC. The van der Waals surface area contributed by atoms with Gasteiger partial charge in [-0.1, -0.05) is 339 Å². The molecule has 0 aromatic heterocycles. The van der Waals surface area contributed by atoms with Crippen molar-refractivity contribution in [1.82, 2.24) is 5.32 Å². The molecule has 0 rings (SSSR count). The Bertz CT molecular complexity index is 1360. The molecule has 6 nitrogen and oxygen atoms in total. The number of rotatable bonds is 68. The van der Waals surface area contributed by atoms with Gasteiger partial charge in [0.1, 0.15) is 0 Å². The van der Waals surface area contributed by atoms with E-state index < -0.39 is 12.1 Å². The van der Waals surface area contributed by atoms with Gasteiger partial charge in [0, 0.05) is 12.8 Å². The van der Waals surface area contributed by atoms with Crippen molar-refractivity contribution in [3.05, 3.63) is 48.6 Å². The van der Waals surface area contributed by atoms with Crippen LogP contribution in [0.25, 0.3) is 0 Å². The Hall–Kier alpha value is -2.18. The molecule has 0 spiro atoms. The first-order chi connectivity index (χ1) is 40.0. The molecule has 3 N–H and O–H groups in total. The lowest BCUT2D eigenvalue weighted by atomic mass is 10.0. The van der Waals surface area contributed by atoms with Crippen LogP contribution in [0.4, 0.5) is 0 Å². The fourth-order valence-corrected chi connectivity index (χ4v) is 11.3. The number of carbonyl (C=O) groups excluding carboxylic acids is 2. The average Bonchev–Trinajstić information content (AvgIpc) is 3.47. The summed E-state index contributed by atoms with van der Waals surface area (Å²) in [6.07, 6.45) is 92.0. The Morgan fingerprint density at radius 2 is 0.617 bits per heavy atom. The number of unbranched alkanes of at least 4 members (excludes halogenated alkanes) is 51. The fourth-order valence-electron chi connectivity index (χ4n) is 11.3. The van der Waals surface area contributed by atoms with Crippen molar-refractivity contribution in [1.29, 1.82) is 0 Å². The highest BCUT2D eigenvalue weighted by Gasteiger charge is 2.18. The lowest BCUT2D eigenvalue weighted by Gasteiger charge is -2.20. The van der Waals surface area contributed by atoms with Gasteiger partial charge in [0.25, 0.3) is 0 Å². The average molecular weight is 1140 g/mol. The van der Waals surface area contributed by atoms with Crippen LogP contribution in [0.5, 0.6) is 0 Å². The highest BCUT2D eigenvalue weighted by molar-refractivity contribution is 5.76. The van der Waals surface area contributed by atoms with E-state index in [4.69, 9.17) is 4.74 Å². The van der Waals surface area contributed by atoms with Crippen LogP contribution in [-0.4, -0.2) is 47.4 Å². The molecule has 2 unspecified atom stereocenters. The van der Waals surface area contributed by atoms with E-state index in [1.165, 1.54) is 315 Å². The molecule has 81 heavy (non-hydrogen) atoms. The van der Waals surface area contributed by atoms with Crippen LogP contribution in [0.1, 0.15) is 393 Å². The van der Waals surface area contributed by atoms with Crippen LogP contribution in [0.15, 0.2) is 48.6 Å². The van der Waals surface area contributed by atoms with Gasteiger partial charge in [-0.15, -0.1) is 0 Å². The molecule has 0 aliphatic rings. The minimum atomic E-state index is -0.845. The number of carbonyl (C=O) groups is 2. The quantitative estimate of drug-likeness (QED) is 0.0320. The number of allylic oxidation sites excluding steroid dienone is 7. The van der Waals surface area contributed by atoms with Crippen molar-refractivity contribution >= 4 is 11.9 Å². The molecule has 2 atom stereocenters. The number of aliphatic hydroxyl groups excluding tert-OH is 2. The number of nitrogens with one attached hydrogen (secondary N) is 1. The molecule has 0 bridgehead atoms. The van der Waals surface area contributed by atoms with Crippen LogP contribution in [0, 0.1) is 0 Å². The number of hydrogen-bond donors (Lipinski definition) is 3. The molecule has 6 heteroatoms. The largest absolute Gasteiger partial charge is 0.466 e. The van der Waals surface area contributed by atoms with E-state index in [9.17, 15) is 19.8 Å². The fraction of sp³-hybridized carbons (Fsp3) is 0.867. The molecule has 0 aromatic carbocycles. The van der Waals surface area contributed by atoms with Crippen molar-refractivity contribution in [2.45, 2.75) is 405 Å². The Balaban J connectivity index is 3.39. The molecular formula is C75H141NO5. The van der Waals surface area contributed by atoms with Gasteiger partial charge in [-0.05, 0) is 89.9 Å². The first-order valence-electron chi connectivity index (χ1n) is 36.4. The molecule has 0 saturated carbocycles. The van der Waals surface area contributed by atoms with Crippen LogP contribution in [0.2, 0.25) is 0 Å². The lowest BCUT2D eigenvalue weighted by Crippen LogP contribution is -2.45. The van der Waals surface area contributed by atoms with E-state index in [1.807, 2.05) is 6.08 Å². The van der Waals surface area contributed by atoms with Crippen molar-refractivity contribution in [2.75, 3.05) is 13.2 Å². The minimum absolute atomic E-state index is 0.00861. The van der Waals surface area contributed by atoms with Crippen molar-refractivity contribution in [2.24, 2.45) is 0 Å². The van der Waals surface area contributed by atoms with E-state index in [0.717, 1.165) is 51.4 Å². The summed E-state index contributed by atoms with van der Waals surface area (Å²) in [5.41, 5.74) is 0. The normalized spacial score (nSPS) is 12.8. The Morgan fingerprint density at radius 1 is 0.346 bits per heavy atom. The standard InChI is InChI=1S/C75H141NO5/c1-3-5-7-9-11-13-15-17-19-21-36-39-43-47-51-55-59-63-67-73(78)72(71-77)76-74(79)68-64-60-56-52-48-44-40-37-33-31-29-27-25-23-22-24-26-28-30-32-34-38-42-46-50-54-58-62-66-70-81-75(80)69-65-61-57-53-49-45-41-35-20-18-16-14-12-10-8-6-4-2/h12,14,18,20,22,24,63,67,72-73,77-78H,3-11,13,15-17,19,21,23,25-62,64-66,68-71H2,1-2H3,(H,76,79)/b14-12-,20-18-,24-22-,67-63+. The summed E-state index contributed by atoms with van der Waals surface area (Å²) in [6.45, 7) is 4.91. The molecule has 0 aliphatic heterocycles. The van der Waals surface area contributed by atoms with Gasteiger partial charge < -0.3 is 20.3 Å². The van der Waals surface area contributed by atoms with Crippen LogP contribution < -0.4 is 5.32 Å². The Morgan fingerprint density at radius 3 is 0.975 bits per heavy atom. The molecule has 0 aliphatic carbocycles. The van der Waals surface area contributed by atoms with Gasteiger partial charge in [0.2, 0.25) is 5.91 Å². The third kappa shape index (κ3) is 66.8. The second kappa shape index (κ2) is 70.3. The molecule has 0 radical (unpaired) electrons. The number of amides is 1. The maximum atomic E-state index is 12.5. The van der Waals surface area contributed by atoms with E-state index in [1.54, 1.807) is 6.08 Å². The summed E-state index contributed by atoms with van der Waals surface area (Å²) >= 11 is 0. The molecule has 476 valence electrons. The van der Waals surface area contributed by atoms with Gasteiger partial charge in [-0.2, -0.15) is 0 Å². The zero-order valence-electron chi connectivity index (χ0n) is 54.5. The zero-order valence-corrected chi connectivity index (χ0v) is 54.5. The molecule has 0 fully saturated rings. The summed E-state index contributed by atoms with van der Waals surface area (Å²) in [5, 5.41) is 23.2. The molecule has 0 saturated heterocycles. The number of hydrogen-bond acceptors (Lipinski definition) is 5. The summed E-state index contributed by atoms with van der Waals surface area (Å²) in [6, 6.07) is -0.628. The molecular weight excluding hydrogens is 995 g/mol. The maximum absolute atomic E-state index is 12.5. The van der Waals surface area contributed by atoms with Crippen LogP contribution in [-0.2, 0) is 14.3 Å². The topological polar surface area (TPSA) is 95.9 Å². The lowest BCUT2D eigenvalue weighted by molar-refractivity contribution is -0.143. The van der Waals surface area contributed by atoms with Crippen LogP contribution in [0.3, 0.4) is 0 Å². The minimum Gasteiger partial charge on any atom is -0.466 e. The van der Waals surface area contributed by atoms with E-state index >= 15 is 0 Å². The molecule has 0 heterocycles. The van der Waals surface area contributed by atoms with Crippen molar-refractivity contribution in [3.63, 3.8) is 0 Å². The summed E-state index contributed by atoms with van der Waals surface area (Å²) in [5.74, 6) is -0.0558. The van der Waals surface area contributed by atoms with E-state index in [-0.39, 0.29) is 18.5 Å². The third-order valence-corrected chi connectivity index (χ3v) is 16.8. The summed E-state index contributed by atoms with van der Waals surface area (Å²) < 4.78 is 5.50. The summed E-state index contributed by atoms with van der Waals surface area (Å²) in [7, 11) is 0. The second-order valence-corrected chi connectivity index (χ2v) is 24.9. The van der Waals surface area contributed by atoms with Gasteiger partial charge >= 0.3 is 5.97 Å². The van der Waals surface area contributed by atoms with E-state index in [0.29, 0.717) is 19.4 Å². The predicted molar refractivity (Wildman–Crippen MR) is 356 cm³/mol. The summed E-state index contributed by atoms with van der Waals surface area (Å²) in [4.78, 5) is 24.6. The van der Waals surface area contributed by atoms with Gasteiger partial charge in [0.05, 0.1) is 25.4 Å². The smallest absolute Gasteiger partial charge is 0.305 e. The predicted octanol–water partition coefficient (Wildman–Crippen LogP) is 23.6. The van der Waals surface area contributed by atoms with Crippen LogP contribution >= 0.6 is 0 Å². The number of ether oxygens (including phenoxy) is 1. The van der Waals surface area contributed by atoms with Gasteiger partial charge in [-0.3, -0.25) is 9.59 Å². The highest BCUT2D eigenvalue weighted by Crippen LogP contribution is 2.18. The van der Waals surface area contributed by atoms with Gasteiger partial charge in [-0.25, -0.2) is 0 Å². The number of esters is 1. The molecule has 0 aromatic rings. The van der Waals surface area contributed by atoms with Crippen molar-refractivity contribution < 1.29 is 24.5 Å². The number of aliphatic hydroxyl groups is 2. The zero-order chi connectivity index (χ0) is 58.5. The second-order valence-electron chi connectivity index (χ2n) is 24.9. The molecule has 1 amide bonds. The Kier molecular flexibility index (Phi) is 68.4. The third-order valence-electron chi connectivity index (χ3n) is 16.8.